The number of benzene rings is 1. The highest BCUT2D eigenvalue weighted by Gasteiger charge is 2.09. The largest absolute Gasteiger partial charge is 0.497 e. The Labute approximate surface area is 77.9 Å². The van der Waals surface area contributed by atoms with E-state index in [1.54, 1.807) is 39.3 Å². The molecule has 1 aromatic rings. The Bertz CT molecular complexity index is 281. The van der Waals surface area contributed by atoms with Crippen LogP contribution in [0.4, 0.5) is 0 Å². The van der Waals surface area contributed by atoms with Gasteiger partial charge in [0.05, 0.1) is 20.3 Å². The molecule has 13 heavy (non-hydrogen) atoms. The first-order chi connectivity index (χ1) is 6.19. The molecule has 0 aromatic heterocycles. The van der Waals surface area contributed by atoms with Gasteiger partial charge >= 0.3 is 0 Å². The van der Waals surface area contributed by atoms with Gasteiger partial charge in [0.15, 0.2) is 0 Å². The van der Waals surface area contributed by atoms with Crippen LogP contribution in [-0.4, -0.2) is 19.3 Å². The van der Waals surface area contributed by atoms with Gasteiger partial charge in [-0.25, -0.2) is 0 Å². The van der Waals surface area contributed by atoms with Crippen LogP contribution >= 0.6 is 0 Å². The number of hydrogen-bond acceptors (Lipinski definition) is 3. The van der Waals surface area contributed by atoms with Crippen LogP contribution in [0.5, 0.6) is 11.5 Å². The summed E-state index contributed by atoms with van der Waals surface area (Å²) in [5.41, 5.74) is 0.738. The minimum atomic E-state index is -0.551. The molecule has 3 nitrogen and oxygen atoms in total. The van der Waals surface area contributed by atoms with E-state index < -0.39 is 6.10 Å². The zero-order chi connectivity index (χ0) is 9.84. The van der Waals surface area contributed by atoms with Gasteiger partial charge in [-0.05, 0) is 25.1 Å². The average molecular weight is 182 g/mol. The predicted octanol–water partition coefficient (Wildman–Crippen LogP) is 1.76. The quantitative estimate of drug-likeness (QED) is 0.774. The van der Waals surface area contributed by atoms with Crippen LogP contribution in [0, 0.1) is 0 Å². The Morgan fingerprint density at radius 1 is 1.23 bits per heavy atom. The van der Waals surface area contributed by atoms with Gasteiger partial charge in [-0.2, -0.15) is 0 Å². The SMILES string of the molecule is COc1ccc(OC)c([C@@H](C)O)c1. The van der Waals surface area contributed by atoms with Gasteiger partial charge in [-0.1, -0.05) is 0 Å². The molecule has 1 atom stereocenters. The summed E-state index contributed by atoms with van der Waals surface area (Å²) >= 11 is 0. The Morgan fingerprint density at radius 2 is 1.92 bits per heavy atom. The molecule has 0 saturated heterocycles. The highest BCUT2D eigenvalue weighted by atomic mass is 16.5. The zero-order valence-electron chi connectivity index (χ0n) is 8.07. The highest BCUT2D eigenvalue weighted by Crippen LogP contribution is 2.28. The Morgan fingerprint density at radius 3 is 2.38 bits per heavy atom. The minimum absolute atomic E-state index is 0.551. The third-order valence-electron chi connectivity index (χ3n) is 1.89. The lowest BCUT2D eigenvalue weighted by molar-refractivity contribution is 0.193. The molecule has 0 saturated carbocycles. The summed E-state index contributed by atoms with van der Waals surface area (Å²) in [5, 5.41) is 9.42. The second kappa shape index (κ2) is 4.14. The fourth-order valence-corrected chi connectivity index (χ4v) is 1.17. The van der Waals surface area contributed by atoms with E-state index in [1.807, 2.05) is 0 Å². The van der Waals surface area contributed by atoms with E-state index in [0.717, 1.165) is 11.3 Å². The third-order valence-corrected chi connectivity index (χ3v) is 1.89. The summed E-state index contributed by atoms with van der Waals surface area (Å²) in [6.07, 6.45) is -0.551. The first-order valence-corrected chi connectivity index (χ1v) is 4.09. The summed E-state index contributed by atoms with van der Waals surface area (Å²) in [6, 6.07) is 5.34. The van der Waals surface area contributed by atoms with Gasteiger partial charge < -0.3 is 14.6 Å². The Balaban J connectivity index is 3.10. The van der Waals surface area contributed by atoms with Crippen molar-refractivity contribution in [1.29, 1.82) is 0 Å². The maximum Gasteiger partial charge on any atom is 0.124 e. The molecule has 1 aromatic carbocycles. The van der Waals surface area contributed by atoms with E-state index in [2.05, 4.69) is 0 Å². The molecule has 0 aliphatic carbocycles. The molecule has 0 spiro atoms. The lowest BCUT2D eigenvalue weighted by atomic mass is 10.1. The smallest absolute Gasteiger partial charge is 0.124 e. The van der Waals surface area contributed by atoms with Crippen LogP contribution in [0.3, 0.4) is 0 Å². The number of methoxy groups -OCH3 is 2. The average Bonchev–Trinajstić information content (AvgIpc) is 2.16. The second-order valence-electron chi connectivity index (χ2n) is 2.78. The van der Waals surface area contributed by atoms with E-state index in [-0.39, 0.29) is 0 Å². The fraction of sp³-hybridized carbons (Fsp3) is 0.400. The van der Waals surface area contributed by atoms with Crippen LogP contribution in [0.25, 0.3) is 0 Å². The van der Waals surface area contributed by atoms with Crippen LogP contribution < -0.4 is 9.47 Å². The van der Waals surface area contributed by atoms with E-state index >= 15 is 0 Å². The first-order valence-electron chi connectivity index (χ1n) is 4.09. The molecule has 72 valence electrons. The Kier molecular flexibility index (Phi) is 3.14. The van der Waals surface area contributed by atoms with Crippen molar-refractivity contribution in [3.8, 4) is 11.5 Å². The van der Waals surface area contributed by atoms with Gasteiger partial charge in [-0.15, -0.1) is 0 Å². The van der Waals surface area contributed by atoms with Crippen LogP contribution in [0.15, 0.2) is 18.2 Å². The molecule has 1 rings (SSSR count). The van der Waals surface area contributed by atoms with Gasteiger partial charge in [0.1, 0.15) is 11.5 Å². The normalized spacial score (nSPS) is 12.3. The molecule has 3 heteroatoms. The molecule has 0 aliphatic heterocycles. The van der Waals surface area contributed by atoms with Crippen molar-refractivity contribution in [2.45, 2.75) is 13.0 Å². The van der Waals surface area contributed by atoms with Gasteiger partial charge in [0.25, 0.3) is 0 Å². The van der Waals surface area contributed by atoms with E-state index in [9.17, 15) is 5.11 Å². The second-order valence-corrected chi connectivity index (χ2v) is 2.78. The fourth-order valence-electron chi connectivity index (χ4n) is 1.17. The van der Waals surface area contributed by atoms with Crippen molar-refractivity contribution < 1.29 is 14.6 Å². The number of hydrogen-bond donors (Lipinski definition) is 1. The van der Waals surface area contributed by atoms with Crippen molar-refractivity contribution in [3.63, 3.8) is 0 Å². The van der Waals surface area contributed by atoms with Crippen LogP contribution in [0.1, 0.15) is 18.6 Å². The van der Waals surface area contributed by atoms with Crippen molar-refractivity contribution in [3.05, 3.63) is 23.8 Å². The van der Waals surface area contributed by atoms with Crippen molar-refractivity contribution in [1.82, 2.24) is 0 Å². The molecule has 0 amide bonds. The highest BCUT2D eigenvalue weighted by molar-refractivity contribution is 5.41. The summed E-state index contributed by atoms with van der Waals surface area (Å²) < 4.78 is 10.1. The monoisotopic (exact) mass is 182 g/mol. The number of aliphatic hydroxyl groups excluding tert-OH is 1. The zero-order valence-corrected chi connectivity index (χ0v) is 8.07. The maximum absolute atomic E-state index is 9.42. The lowest BCUT2D eigenvalue weighted by Gasteiger charge is -2.11. The van der Waals surface area contributed by atoms with Crippen LogP contribution in [0.2, 0.25) is 0 Å². The number of rotatable bonds is 3. The summed E-state index contributed by atoms with van der Waals surface area (Å²) in [4.78, 5) is 0. The van der Waals surface area contributed by atoms with Gasteiger partial charge in [0, 0.05) is 5.56 Å². The Hall–Kier alpha value is -1.22. The van der Waals surface area contributed by atoms with E-state index in [4.69, 9.17) is 9.47 Å². The summed E-state index contributed by atoms with van der Waals surface area (Å²) in [7, 11) is 3.17. The van der Waals surface area contributed by atoms with E-state index in [1.165, 1.54) is 0 Å². The topological polar surface area (TPSA) is 38.7 Å². The first kappa shape index (κ1) is 9.86. The predicted molar refractivity (Wildman–Crippen MR) is 50.2 cm³/mol. The van der Waals surface area contributed by atoms with Gasteiger partial charge in [0.2, 0.25) is 0 Å². The summed E-state index contributed by atoms with van der Waals surface area (Å²) in [6.45, 7) is 1.69. The molecule has 0 aliphatic rings. The van der Waals surface area contributed by atoms with Crippen molar-refractivity contribution >= 4 is 0 Å². The maximum atomic E-state index is 9.42. The van der Waals surface area contributed by atoms with Crippen molar-refractivity contribution in [2.24, 2.45) is 0 Å². The molecule has 0 bridgehead atoms. The third kappa shape index (κ3) is 2.12. The molecular weight excluding hydrogens is 168 g/mol. The number of ether oxygens (including phenoxy) is 2. The minimum Gasteiger partial charge on any atom is -0.497 e. The number of aliphatic hydroxyl groups is 1. The molecule has 0 unspecified atom stereocenters. The standard InChI is InChI=1S/C10H14O3/c1-7(11)9-6-8(12-2)4-5-10(9)13-3/h4-7,11H,1-3H3/t7-/m1/s1. The van der Waals surface area contributed by atoms with Gasteiger partial charge in [-0.3, -0.25) is 0 Å². The van der Waals surface area contributed by atoms with Crippen molar-refractivity contribution in [2.75, 3.05) is 14.2 Å². The molecule has 0 heterocycles. The molecule has 0 fully saturated rings. The molecule has 0 radical (unpaired) electrons. The van der Waals surface area contributed by atoms with E-state index in [0.29, 0.717) is 5.75 Å². The molecular formula is C10H14O3. The lowest BCUT2D eigenvalue weighted by Crippen LogP contribution is -1.97. The van der Waals surface area contributed by atoms with Crippen LogP contribution in [-0.2, 0) is 0 Å². The molecule has 1 N–H and O–H groups in total. The summed E-state index contributed by atoms with van der Waals surface area (Å²) in [5.74, 6) is 1.40.